The first kappa shape index (κ1) is 17.6. The van der Waals surface area contributed by atoms with Gasteiger partial charge in [-0.25, -0.2) is 0 Å². The zero-order chi connectivity index (χ0) is 16.8. The highest BCUT2D eigenvalue weighted by Gasteiger charge is 2.23. The van der Waals surface area contributed by atoms with Crippen LogP contribution in [0.5, 0.6) is 0 Å². The summed E-state index contributed by atoms with van der Waals surface area (Å²) in [6.45, 7) is 3.59. The van der Waals surface area contributed by atoms with Crippen LogP contribution >= 0.6 is 0 Å². The third kappa shape index (κ3) is 5.41. The van der Waals surface area contributed by atoms with Crippen molar-refractivity contribution in [3.8, 4) is 0 Å². The number of nitrogens with one attached hydrogen (secondary N) is 1. The molecule has 0 spiro atoms. The van der Waals surface area contributed by atoms with E-state index in [1.807, 2.05) is 6.92 Å². The third-order valence-electron chi connectivity index (χ3n) is 4.67. The molecule has 1 heterocycles. The molecule has 2 rings (SSSR count). The number of hydrogen-bond donors (Lipinski definition) is 2. The summed E-state index contributed by atoms with van der Waals surface area (Å²) >= 11 is 0. The smallest absolute Gasteiger partial charge is 0.303 e. The Morgan fingerprint density at radius 3 is 2.57 bits per heavy atom. The highest BCUT2D eigenvalue weighted by Crippen LogP contribution is 2.28. The molecule has 1 atom stereocenters. The number of carbonyl (C=O) groups is 2. The summed E-state index contributed by atoms with van der Waals surface area (Å²) in [6, 6.07) is 1.65. The van der Waals surface area contributed by atoms with Crippen LogP contribution in [0.2, 0.25) is 0 Å². The van der Waals surface area contributed by atoms with Gasteiger partial charge in [-0.05, 0) is 38.7 Å². The number of amides is 1. The molecule has 1 aliphatic carbocycles. The van der Waals surface area contributed by atoms with Gasteiger partial charge in [0.05, 0.1) is 5.56 Å². The second-order valence-corrected chi connectivity index (χ2v) is 6.67. The fraction of sp³-hybridized carbons (Fsp3) is 0.667. The molecule has 1 fully saturated rings. The predicted molar refractivity (Wildman–Crippen MR) is 87.5 cm³/mol. The van der Waals surface area contributed by atoms with Crippen LogP contribution < -0.4 is 5.32 Å². The van der Waals surface area contributed by atoms with Crippen LogP contribution in [-0.4, -0.2) is 23.0 Å². The van der Waals surface area contributed by atoms with Gasteiger partial charge in [-0.2, -0.15) is 0 Å². The number of aliphatic carboxylic acids is 1. The maximum absolute atomic E-state index is 12.5. The average Bonchev–Trinajstić information content (AvgIpc) is 2.84. The molecule has 1 amide bonds. The van der Waals surface area contributed by atoms with E-state index in [0.717, 1.165) is 6.42 Å². The zero-order valence-electron chi connectivity index (χ0n) is 14.1. The first-order valence-corrected chi connectivity index (χ1v) is 8.55. The minimum Gasteiger partial charge on any atom is -0.481 e. The fourth-order valence-electron chi connectivity index (χ4n) is 3.49. The van der Waals surface area contributed by atoms with E-state index < -0.39 is 5.97 Å². The quantitative estimate of drug-likeness (QED) is 0.800. The van der Waals surface area contributed by atoms with Crippen LogP contribution in [0.15, 0.2) is 10.5 Å². The SMILES string of the molecule is Cc1cc(C(=O)NC(CCC(=O)O)CC2CCCCC2)c(C)o1. The van der Waals surface area contributed by atoms with Crippen LogP contribution in [0.25, 0.3) is 0 Å². The summed E-state index contributed by atoms with van der Waals surface area (Å²) in [5.41, 5.74) is 0.548. The molecule has 0 aliphatic heterocycles. The summed E-state index contributed by atoms with van der Waals surface area (Å²) < 4.78 is 5.41. The Balaban J connectivity index is 1.98. The second-order valence-electron chi connectivity index (χ2n) is 6.67. The molecule has 1 aromatic rings. The van der Waals surface area contributed by atoms with Crippen LogP contribution in [0, 0.1) is 19.8 Å². The van der Waals surface area contributed by atoms with Gasteiger partial charge in [0.25, 0.3) is 5.91 Å². The number of aryl methyl sites for hydroxylation is 2. The van der Waals surface area contributed by atoms with Crippen LogP contribution in [0.1, 0.15) is 73.2 Å². The van der Waals surface area contributed by atoms with E-state index in [0.29, 0.717) is 29.4 Å². The molecule has 1 aromatic heterocycles. The third-order valence-corrected chi connectivity index (χ3v) is 4.67. The molecule has 1 saturated carbocycles. The van der Waals surface area contributed by atoms with Crippen molar-refractivity contribution in [3.05, 3.63) is 23.2 Å². The first-order chi connectivity index (χ1) is 11.0. The number of rotatable bonds is 7. The Hall–Kier alpha value is -1.78. The number of furan rings is 1. The van der Waals surface area contributed by atoms with Crippen molar-refractivity contribution in [2.75, 3.05) is 0 Å². The minimum atomic E-state index is -0.816. The Labute approximate surface area is 137 Å². The number of carboxylic acid groups (broad SMARTS) is 1. The summed E-state index contributed by atoms with van der Waals surface area (Å²) in [6.07, 6.45) is 7.57. The van der Waals surface area contributed by atoms with Gasteiger partial charge in [0.15, 0.2) is 0 Å². The Bertz CT molecular complexity index is 543. The number of carboxylic acids is 1. The fourth-order valence-corrected chi connectivity index (χ4v) is 3.49. The molecule has 128 valence electrons. The summed E-state index contributed by atoms with van der Waals surface area (Å²) in [4.78, 5) is 23.3. The summed E-state index contributed by atoms with van der Waals surface area (Å²) in [5.74, 6) is 0.931. The lowest BCUT2D eigenvalue weighted by molar-refractivity contribution is -0.137. The van der Waals surface area contributed by atoms with E-state index in [2.05, 4.69) is 5.32 Å². The van der Waals surface area contributed by atoms with E-state index in [4.69, 9.17) is 9.52 Å². The summed E-state index contributed by atoms with van der Waals surface area (Å²) in [7, 11) is 0. The number of carbonyl (C=O) groups excluding carboxylic acids is 1. The van der Waals surface area contributed by atoms with Crippen LogP contribution in [0.3, 0.4) is 0 Å². The van der Waals surface area contributed by atoms with Crippen molar-refractivity contribution in [1.29, 1.82) is 0 Å². The minimum absolute atomic E-state index is 0.0844. The molecule has 0 bridgehead atoms. The topological polar surface area (TPSA) is 79.5 Å². The van der Waals surface area contributed by atoms with Crippen molar-refractivity contribution in [2.24, 2.45) is 5.92 Å². The second kappa shape index (κ2) is 8.18. The molecule has 0 aromatic carbocycles. The van der Waals surface area contributed by atoms with Gasteiger partial charge in [0.2, 0.25) is 0 Å². The van der Waals surface area contributed by atoms with Crippen molar-refractivity contribution in [2.45, 2.75) is 71.3 Å². The van der Waals surface area contributed by atoms with Gasteiger partial charge >= 0.3 is 5.97 Å². The van der Waals surface area contributed by atoms with E-state index >= 15 is 0 Å². The molecule has 2 N–H and O–H groups in total. The molecule has 1 unspecified atom stereocenters. The van der Waals surface area contributed by atoms with Gasteiger partial charge in [0, 0.05) is 12.5 Å². The predicted octanol–water partition coefficient (Wildman–Crippen LogP) is 3.83. The molecule has 0 saturated heterocycles. The Kier molecular flexibility index (Phi) is 6.25. The van der Waals surface area contributed by atoms with Gasteiger partial charge in [0.1, 0.15) is 11.5 Å². The summed E-state index contributed by atoms with van der Waals surface area (Å²) in [5, 5.41) is 12.0. The van der Waals surface area contributed by atoms with Crippen molar-refractivity contribution in [1.82, 2.24) is 5.32 Å². The lowest BCUT2D eigenvalue weighted by Crippen LogP contribution is -2.37. The largest absolute Gasteiger partial charge is 0.481 e. The van der Waals surface area contributed by atoms with Crippen molar-refractivity contribution < 1.29 is 19.1 Å². The van der Waals surface area contributed by atoms with Gasteiger partial charge in [-0.1, -0.05) is 32.1 Å². The highest BCUT2D eigenvalue weighted by atomic mass is 16.4. The van der Waals surface area contributed by atoms with Gasteiger partial charge in [-0.3, -0.25) is 9.59 Å². The number of hydrogen-bond acceptors (Lipinski definition) is 3. The molecule has 1 aliphatic rings. The van der Waals surface area contributed by atoms with E-state index in [1.54, 1.807) is 13.0 Å². The molecule has 5 heteroatoms. The zero-order valence-corrected chi connectivity index (χ0v) is 14.1. The van der Waals surface area contributed by atoms with Gasteiger partial charge < -0.3 is 14.8 Å². The van der Waals surface area contributed by atoms with E-state index in [9.17, 15) is 9.59 Å². The van der Waals surface area contributed by atoms with E-state index in [-0.39, 0.29) is 18.4 Å². The molecule has 23 heavy (non-hydrogen) atoms. The molecule has 5 nitrogen and oxygen atoms in total. The lowest BCUT2D eigenvalue weighted by Gasteiger charge is -2.27. The van der Waals surface area contributed by atoms with Crippen LogP contribution in [-0.2, 0) is 4.79 Å². The average molecular weight is 321 g/mol. The van der Waals surface area contributed by atoms with Crippen molar-refractivity contribution >= 4 is 11.9 Å². The standard InChI is InChI=1S/C18H27NO4/c1-12-10-16(13(2)23-12)18(22)19-15(8-9-17(20)21)11-14-6-4-3-5-7-14/h10,14-15H,3-9,11H2,1-2H3,(H,19,22)(H,20,21). The van der Waals surface area contributed by atoms with Gasteiger partial charge in [-0.15, -0.1) is 0 Å². The maximum atomic E-state index is 12.5. The Morgan fingerprint density at radius 2 is 2.00 bits per heavy atom. The van der Waals surface area contributed by atoms with Crippen LogP contribution in [0.4, 0.5) is 0 Å². The highest BCUT2D eigenvalue weighted by molar-refractivity contribution is 5.95. The molecular formula is C18H27NO4. The Morgan fingerprint density at radius 1 is 1.30 bits per heavy atom. The van der Waals surface area contributed by atoms with Crippen molar-refractivity contribution in [3.63, 3.8) is 0 Å². The monoisotopic (exact) mass is 321 g/mol. The normalized spacial score (nSPS) is 17.0. The molecule has 0 radical (unpaired) electrons. The maximum Gasteiger partial charge on any atom is 0.303 e. The lowest BCUT2D eigenvalue weighted by atomic mass is 9.84. The van der Waals surface area contributed by atoms with E-state index in [1.165, 1.54) is 32.1 Å². The molecular weight excluding hydrogens is 294 g/mol. The first-order valence-electron chi connectivity index (χ1n) is 8.55.